The standard InChI is InChI=1S/C13H18N2O/c1-11-3-5-12(6-4-11)13(16)15-9-7-14(2)8-10-15/h3-6H,7-10H2,1-2H3/p+1. The van der Waals surface area contributed by atoms with Crippen LogP contribution in [0.2, 0.25) is 0 Å². The molecule has 1 N–H and O–H groups in total. The third-order valence-corrected chi connectivity index (χ3v) is 3.20. The predicted octanol–water partition coefficient (Wildman–Crippen LogP) is -0.0345. The highest BCUT2D eigenvalue weighted by Crippen LogP contribution is 2.07. The molecule has 0 radical (unpaired) electrons. The van der Waals surface area contributed by atoms with Gasteiger partial charge >= 0.3 is 0 Å². The first-order valence-electron chi connectivity index (χ1n) is 5.84. The van der Waals surface area contributed by atoms with Crippen LogP contribution in [0.1, 0.15) is 15.9 Å². The van der Waals surface area contributed by atoms with Crippen LogP contribution in [0.15, 0.2) is 24.3 Å². The molecule has 1 aromatic carbocycles. The molecule has 1 aliphatic rings. The number of amides is 1. The summed E-state index contributed by atoms with van der Waals surface area (Å²) in [5.41, 5.74) is 2.00. The molecule has 0 spiro atoms. The van der Waals surface area contributed by atoms with Gasteiger partial charge in [0.25, 0.3) is 5.91 Å². The van der Waals surface area contributed by atoms with E-state index >= 15 is 0 Å². The number of carbonyl (C=O) groups excluding carboxylic acids is 1. The summed E-state index contributed by atoms with van der Waals surface area (Å²) in [5.74, 6) is 0.174. The molecule has 0 aliphatic carbocycles. The van der Waals surface area contributed by atoms with E-state index in [0.717, 1.165) is 31.7 Å². The van der Waals surface area contributed by atoms with E-state index < -0.39 is 0 Å². The van der Waals surface area contributed by atoms with Gasteiger partial charge in [-0.05, 0) is 19.1 Å². The second-order valence-electron chi connectivity index (χ2n) is 4.62. The summed E-state index contributed by atoms with van der Waals surface area (Å²) in [6.07, 6.45) is 0. The molecule has 0 unspecified atom stereocenters. The van der Waals surface area contributed by atoms with Crippen molar-refractivity contribution in [2.24, 2.45) is 0 Å². The Kier molecular flexibility index (Phi) is 3.25. The lowest BCUT2D eigenvalue weighted by molar-refractivity contribution is -0.883. The molecule has 0 atom stereocenters. The molecule has 86 valence electrons. The first-order chi connectivity index (χ1) is 7.66. The Morgan fingerprint density at radius 1 is 1.19 bits per heavy atom. The smallest absolute Gasteiger partial charge is 0.254 e. The maximum Gasteiger partial charge on any atom is 0.254 e. The molecule has 1 aliphatic heterocycles. The van der Waals surface area contributed by atoms with E-state index in [0.29, 0.717) is 0 Å². The van der Waals surface area contributed by atoms with Crippen molar-refractivity contribution < 1.29 is 9.69 Å². The molecule has 1 saturated heterocycles. The topological polar surface area (TPSA) is 24.8 Å². The molecule has 0 saturated carbocycles. The van der Waals surface area contributed by atoms with Crippen LogP contribution in [0.25, 0.3) is 0 Å². The van der Waals surface area contributed by atoms with Crippen molar-refractivity contribution in [3.05, 3.63) is 35.4 Å². The van der Waals surface area contributed by atoms with Crippen LogP contribution in [-0.2, 0) is 0 Å². The zero-order valence-corrected chi connectivity index (χ0v) is 9.99. The van der Waals surface area contributed by atoms with Crippen molar-refractivity contribution in [3.8, 4) is 0 Å². The van der Waals surface area contributed by atoms with Crippen LogP contribution in [0.3, 0.4) is 0 Å². The summed E-state index contributed by atoms with van der Waals surface area (Å²) in [7, 11) is 2.17. The van der Waals surface area contributed by atoms with E-state index in [-0.39, 0.29) is 5.91 Å². The number of aryl methyl sites for hydroxylation is 1. The average Bonchev–Trinajstić information content (AvgIpc) is 2.30. The molecule has 2 rings (SSSR count). The molecule has 3 nitrogen and oxygen atoms in total. The maximum atomic E-state index is 12.1. The summed E-state index contributed by atoms with van der Waals surface area (Å²) in [5, 5.41) is 0. The Morgan fingerprint density at radius 3 is 2.31 bits per heavy atom. The largest absolute Gasteiger partial charge is 0.334 e. The zero-order chi connectivity index (χ0) is 11.5. The minimum atomic E-state index is 0.174. The number of piperazine rings is 1. The highest BCUT2D eigenvalue weighted by molar-refractivity contribution is 5.94. The molecule has 1 aromatic rings. The van der Waals surface area contributed by atoms with Crippen molar-refractivity contribution in [2.45, 2.75) is 6.92 Å². The number of hydrogen-bond donors (Lipinski definition) is 1. The van der Waals surface area contributed by atoms with E-state index in [1.54, 1.807) is 0 Å². The third kappa shape index (κ3) is 2.42. The van der Waals surface area contributed by atoms with Crippen molar-refractivity contribution in [1.29, 1.82) is 0 Å². The Bertz CT molecular complexity index is 364. The third-order valence-electron chi connectivity index (χ3n) is 3.20. The summed E-state index contributed by atoms with van der Waals surface area (Å²) in [6.45, 7) is 5.89. The number of quaternary nitrogens is 1. The van der Waals surface area contributed by atoms with E-state index in [1.165, 1.54) is 10.5 Å². The number of nitrogens with one attached hydrogen (secondary N) is 1. The highest BCUT2D eigenvalue weighted by atomic mass is 16.2. The molecule has 16 heavy (non-hydrogen) atoms. The molecule has 1 amide bonds. The Labute approximate surface area is 96.7 Å². The SMILES string of the molecule is Cc1ccc(C(=O)N2CC[NH+](C)CC2)cc1. The van der Waals surface area contributed by atoms with Gasteiger partial charge in [0.05, 0.1) is 33.2 Å². The quantitative estimate of drug-likeness (QED) is 0.704. The van der Waals surface area contributed by atoms with Crippen LogP contribution < -0.4 is 4.90 Å². The Hall–Kier alpha value is -1.35. The van der Waals surface area contributed by atoms with Gasteiger partial charge in [-0.25, -0.2) is 0 Å². The molecule has 0 aromatic heterocycles. The van der Waals surface area contributed by atoms with Gasteiger partial charge in [-0.15, -0.1) is 0 Å². The normalized spacial score (nSPS) is 17.5. The lowest BCUT2D eigenvalue weighted by atomic mass is 10.1. The van der Waals surface area contributed by atoms with Crippen molar-refractivity contribution in [1.82, 2.24) is 4.90 Å². The summed E-state index contributed by atoms with van der Waals surface area (Å²) >= 11 is 0. The number of benzene rings is 1. The summed E-state index contributed by atoms with van der Waals surface area (Å²) in [6, 6.07) is 7.83. The predicted molar refractivity (Wildman–Crippen MR) is 63.7 cm³/mol. The second kappa shape index (κ2) is 4.66. The Balaban J connectivity index is 2.05. The number of hydrogen-bond acceptors (Lipinski definition) is 1. The Morgan fingerprint density at radius 2 is 1.75 bits per heavy atom. The van der Waals surface area contributed by atoms with Gasteiger partial charge in [0, 0.05) is 5.56 Å². The van der Waals surface area contributed by atoms with Gasteiger partial charge in [0.15, 0.2) is 0 Å². The van der Waals surface area contributed by atoms with Crippen molar-refractivity contribution >= 4 is 5.91 Å². The highest BCUT2D eigenvalue weighted by Gasteiger charge is 2.21. The minimum absolute atomic E-state index is 0.174. The van der Waals surface area contributed by atoms with Gasteiger partial charge < -0.3 is 9.80 Å². The number of nitrogens with zero attached hydrogens (tertiary/aromatic N) is 1. The van der Waals surface area contributed by atoms with Gasteiger partial charge in [-0.1, -0.05) is 17.7 Å². The van der Waals surface area contributed by atoms with Crippen molar-refractivity contribution in [3.63, 3.8) is 0 Å². The fourth-order valence-corrected chi connectivity index (χ4v) is 1.97. The van der Waals surface area contributed by atoms with Crippen LogP contribution in [0.4, 0.5) is 0 Å². The second-order valence-corrected chi connectivity index (χ2v) is 4.62. The lowest BCUT2D eigenvalue weighted by Gasteiger charge is -2.30. The van der Waals surface area contributed by atoms with Gasteiger partial charge in [0.2, 0.25) is 0 Å². The van der Waals surface area contributed by atoms with Crippen LogP contribution in [-0.4, -0.2) is 44.0 Å². The van der Waals surface area contributed by atoms with E-state index in [1.807, 2.05) is 36.1 Å². The average molecular weight is 219 g/mol. The molecular weight excluding hydrogens is 200 g/mol. The fourth-order valence-electron chi connectivity index (χ4n) is 1.97. The maximum absolute atomic E-state index is 12.1. The first-order valence-corrected chi connectivity index (χ1v) is 5.84. The van der Waals surface area contributed by atoms with Crippen molar-refractivity contribution in [2.75, 3.05) is 33.2 Å². The van der Waals surface area contributed by atoms with Gasteiger partial charge in [0.1, 0.15) is 0 Å². The van der Waals surface area contributed by atoms with Crippen LogP contribution in [0, 0.1) is 6.92 Å². The molecule has 0 bridgehead atoms. The monoisotopic (exact) mass is 219 g/mol. The van der Waals surface area contributed by atoms with E-state index in [2.05, 4.69) is 7.05 Å². The first kappa shape index (κ1) is 11.1. The number of likely N-dealkylation sites (N-methyl/N-ethyl adjacent to an activating group) is 1. The van der Waals surface area contributed by atoms with Crippen LogP contribution in [0.5, 0.6) is 0 Å². The van der Waals surface area contributed by atoms with Gasteiger partial charge in [-0.3, -0.25) is 4.79 Å². The number of carbonyl (C=O) groups is 1. The zero-order valence-electron chi connectivity index (χ0n) is 9.99. The van der Waals surface area contributed by atoms with E-state index in [4.69, 9.17) is 0 Å². The lowest BCUT2D eigenvalue weighted by Crippen LogP contribution is -3.12. The minimum Gasteiger partial charge on any atom is -0.334 e. The summed E-state index contributed by atoms with van der Waals surface area (Å²) < 4.78 is 0. The molecule has 1 fully saturated rings. The van der Waals surface area contributed by atoms with E-state index in [9.17, 15) is 4.79 Å². The molecule has 3 heteroatoms. The van der Waals surface area contributed by atoms with Gasteiger partial charge in [-0.2, -0.15) is 0 Å². The molecule has 1 heterocycles. The summed E-state index contributed by atoms with van der Waals surface area (Å²) in [4.78, 5) is 15.6. The number of rotatable bonds is 1. The van der Waals surface area contributed by atoms with Crippen LogP contribution >= 0.6 is 0 Å². The fraction of sp³-hybridized carbons (Fsp3) is 0.462. The molecular formula is C13H19N2O+.